The topological polar surface area (TPSA) is 97.1 Å². The van der Waals surface area contributed by atoms with Crippen LogP contribution in [0.15, 0.2) is 76.7 Å². The summed E-state index contributed by atoms with van der Waals surface area (Å²) in [6, 6.07) is 22.9. The number of thioether (sulfide) groups is 2. The molecule has 2 unspecified atom stereocenters. The summed E-state index contributed by atoms with van der Waals surface area (Å²) < 4.78 is 0. The van der Waals surface area contributed by atoms with Crippen LogP contribution >= 0.6 is 36.2 Å². The van der Waals surface area contributed by atoms with E-state index in [4.69, 9.17) is 11.5 Å². The van der Waals surface area contributed by atoms with E-state index in [2.05, 4.69) is 85.8 Å². The number of hydrogen-bond donors (Lipinski definition) is 3. The number of amides is 1. The van der Waals surface area contributed by atoms with Gasteiger partial charge >= 0.3 is 0 Å². The molecule has 0 aliphatic carbocycles. The van der Waals surface area contributed by atoms with Gasteiger partial charge in [-0.3, -0.25) is 14.8 Å². The lowest BCUT2D eigenvalue weighted by Gasteiger charge is -2.30. The molecule has 2 heterocycles. The molecule has 0 saturated carbocycles. The maximum absolute atomic E-state index is 12.9. The standard InChI is InChI=1S/C18H27N3OS2.C15H16N2S/c1-3-4-9-21(10-11-23)16(22)14-6-5-7-15(13-14)18(2)8-12-24-17(19)20-18;1-15(8-9-18-14(16)17-15)13-7-6-11-4-2-3-5-12(11)10-13/h5-7,13,23H,3-4,8-12H2,1-2H3,(H2,19,20);2-7,10H,8-9H2,1H3,(H2,16,17). The summed E-state index contributed by atoms with van der Waals surface area (Å²) in [6.07, 6.45) is 4.04. The van der Waals surface area contributed by atoms with Crippen molar-refractivity contribution in [2.24, 2.45) is 21.5 Å². The molecule has 4 N–H and O–H groups in total. The van der Waals surface area contributed by atoms with E-state index in [1.165, 1.54) is 16.3 Å². The first-order valence-corrected chi connectivity index (χ1v) is 17.2. The Morgan fingerprint density at radius 1 is 0.857 bits per heavy atom. The number of carbonyl (C=O) groups is 1. The second-order valence-corrected chi connectivity index (χ2v) is 13.8. The number of thiol groups is 1. The molecule has 3 aromatic rings. The first-order valence-electron chi connectivity index (χ1n) is 14.6. The van der Waals surface area contributed by atoms with Crippen molar-refractivity contribution in [3.05, 3.63) is 83.4 Å². The summed E-state index contributed by atoms with van der Waals surface area (Å²) in [4.78, 5) is 24.1. The van der Waals surface area contributed by atoms with Crippen LogP contribution < -0.4 is 11.5 Å². The van der Waals surface area contributed by atoms with E-state index < -0.39 is 0 Å². The van der Waals surface area contributed by atoms with E-state index in [9.17, 15) is 4.79 Å². The molecule has 0 bridgehead atoms. The monoisotopic (exact) mass is 621 g/mol. The van der Waals surface area contributed by atoms with Crippen molar-refractivity contribution in [1.82, 2.24) is 4.90 Å². The molecule has 0 aromatic heterocycles. The highest BCUT2D eigenvalue weighted by Crippen LogP contribution is 2.37. The summed E-state index contributed by atoms with van der Waals surface area (Å²) >= 11 is 7.52. The molecule has 1 amide bonds. The fourth-order valence-electron chi connectivity index (χ4n) is 5.27. The van der Waals surface area contributed by atoms with Gasteiger partial charge in [-0.05, 0) is 73.2 Å². The third-order valence-corrected chi connectivity index (χ3v) is 9.72. The van der Waals surface area contributed by atoms with Crippen LogP contribution in [0.3, 0.4) is 0 Å². The zero-order valence-corrected chi connectivity index (χ0v) is 27.4. The third-order valence-electron chi connectivity index (χ3n) is 7.93. The van der Waals surface area contributed by atoms with Crippen molar-refractivity contribution in [3.8, 4) is 0 Å². The van der Waals surface area contributed by atoms with Gasteiger partial charge < -0.3 is 16.4 Å². The number of aliphatic imine (C=N–C) groups is 2. The Morgan fingerprint density at radius 3 is 2.07 bits per heavy atom. The number of rotatable bonds is 8. The molecule has 2 atom stereocenters. The molecule has 0 fully saturated rings. The van der Waals surface area contributed by atoms with E-state index in [-0.39, 0.29) is 17.0 Å². The van der Waals surface area contributed by atoms with Crippen LogP contribution in [0.2, 0.25) is 0 Å². The molecular formula is C33H43N5OS3. The van der Waals surface area contributed by atoms with Crippen LogP contribution in [0.4, 0.5) is 0 Å². The molecule has 5 rings (SSSR count). The molecule has 0 radical (unpaired) electrons. The smallest absolute Gasteiger partial charge is 0.253 e. The van der Waals surface area contributed by atoms with Gasteiger partial charge in [0.15, 0.2) is 10.3 Å². The number of unbranched alkanes of at least 4 members (excludes halogenated alkanes) is 1. The van der Waals surface area contributed by atoms with Crippen molar-refractivity contribution >= 4 is 63.2 Å². The van der Waals surface area contributed by atoms with Crippen LogP contribution in [0.1, 0.15) is 67.9 Å². The predicted molar refractivity (Wildman–Crippen MR) is 187 cm³/mol. The second-order valence-electron chi connectivity index (χ2n) is 11.2. The number of benzene rings is 3. The van der Waals surface area contributed by atoms with E-state index in [1.54, 1.807) is 23.5 Å². The molecule has 2 aliphatic heterocycles. The Balaban J connectivity index is 0.000000200. The molecular weight excluding hydrogens is 579 g/mol. The lowest BCUT2D eigenvalue weighted by atomic mass is 9.88. The second kappa shape index (κ2) is 14.7. The Hall–Kier alpha value is -2.62. The van der Waals surface area contributed by atoms with Crippen LogP contribution in [0, 0.1) is 0 Å². The van der Waals surface area contributed by atoms with E-state index in [1.807, 2.05) is 29.2 Å². The first kappa shape index (κ1) is 32.3. The zero-order valence-electron chi connectivity index (χ0n) is 24.9. The number of carbonyl (C=O) groups excluding carboxylic acids is 1. The van der Waals surface area contributed by atoms with E-state index in [0.717, 1.165) is 54.9 Å². The van der Waals surface area contributed by atoms with Crippen LogP contribution in [0.25, 0.3) is 10.8 Å². The van der Waals surface area contributed by atoms with E-state index in [0.29, 0.717) is 22.6 Å². The Kier molecular flexibility index (Phi) is 11.3. The average molecular weight is 622 g/mol. The highest BCUT2D eigenvalue weighted by molar-refractivity contribution is 8.14. The van der Waals surface area contributed by atoms with Gasteiger partial charge in [0.05, 0.1) is 11.1 Å². The Morgan fingerprint density at radius 2 is 1.48 bits per heavy atom. The Bertz CT molecular complexity index is 1440. The number of nitrogens with zero attached hydrogens (tertiary/aromatic N) is 3. The fraction of sp³-hybridized carbons (Fsp3) is 0.424. The molecule has 42 heavy (non-hydrogen) atoms. The number of fused-ring (bicyclic) bond motifs is 1. The largest absolute Gasteiger partial charge is 0.379 e. The lowest BCUT2D eigenvalue weighted by molar-refractivity contribution is 0.0764. The van der Waals surface area contributed by atoms with Crippen LogP contribution in [-0.2, 0) is 11.1 Å². The highest BCUT2D eigenvalue weighted by Gasteiger charge is 2.31. The molecule has 2 aliphatic rings. The molecule has 0 saturated heterocycles. The summed E-state index contributed by atoms with van der Waals surface area (Å²) in [7, 11) is 0. The first-order chi connectivity index (χ1) is 20.2. The van der Waals surface area contributed by atoms with Crippen LogP contribution in [-0.4, -0.2) is 51.5 Å². The summed E-state index contributed by atoms with van der Waals surface area (Å²) in [5, 5.41) is 3.87. The minimum Gasteiger partial charge on any atom is -0.379 e. The fourth-order valence-corrected chi connectivity index (χ4v) is 7.46. The van der Waals surface area contributed by atoms with Gasteiger partial charge in [-0.15, -0.1) is 0 Å². The van der Waals surface area contributed by atoms with Gasteiger partial charge in [0.2, 0.25) is 0 Å². The summed E-state index contributed by atoms with van der Waals surface area (Å²) in [5.74, 6) is 2.74. The third kappa shape index (κ3) is 8.05. The highest BCUT2D eigenvalue weighted by atomic mass is 32.2. The van der Waals surface area contributed by atoms with Crippen molar-refractivity contribution in [2.75, 3.05) is 30.3 Å². The normalized spacial score (nSPS) is 22.0. The SMILES string of the molecule is CC1(c2ccc3ccccc3c2)CCSC(N)=N1.CCCCN(CCS)C(=O)c1cccc(C2(C)CCSC(N)=N2)c1. The van der Waals surface area contributed by atoms with Gasteiger partial charge in [-0.25, -0.2) is 0 Å². The molecule has 224 valence electrons. The summed E-state index contributed by atoms with van der Waals surface area (Å²) in [6.45, 7) is 7.84. The van der Waals surface area contributed by atoms with Crippen LogP contribution in [0.5, 0.6) is 0 Å². The molecule has 3 aromatic carbocycles. The van der Waals surface area contributed by atoms with Crippen molar-refractivity contribution in [2.45, 2.75) is 57.5 Å². The summed E-state index contributed by atoms with van der Waals surface area (Å²) in [5.41, 5.74) is 14.3. The van der Waals surface area contributed by atoms with Gasteiger partial charge in [0.25, 0.3) is 5.91 Å². The van der Waals surface area contributed by atoms with Crippen molar-refractivity contribution in [1.29, 1.82) is 0 Å². The molecule has 6 nitrogen and oxygen atoms in total. The van der Waals surface area contributed by atoms with Gasteiger partial charge in [-0.1, -0.05) is 85.4 Å². The zero-order chi connectivity index (χ0) is 30.2. The number of nitrogens with two attached hydrogens (primary N) is 2. The van der Waals surface area contributed by atoms with E-state index >= 15 is 0 Å². The predicted octanol–water partition coefficient (Wildman–Crippen LogP) is 7.03. The molecule has 0 spiro atoms. The average Bonchev–Trinajstić information content (AvgIpc) is 2.99. The van der Waals surface area contributed by atoms with Gasteiger partial charge in [0.1, 0.15) is 0 Å². The van der Waals surface area contributed by atoms with Gasteiger partial charge in [0, 0.05) is 35.9 Å². The van der Waals surface area contributed by atoms with Crippen molar-refractivity contribution in [3.63, 3.8) is 0 Å². The molecule has 9 heteroatoms. The van der Waals surface area contributed by atoms with Gasteiger partial charge in [-0.2, -0.15) is 12.6 Å². The maximum Gasteiger partial charge on any atom is 0.253 e. The minimum atomic E-state index is -0.344. The Labute approximate surface area is 264 Å². The lowest BCUT2D eigenvalue weighted by Crippen LogP contribution is -2.34. The number of amidine groups is 2. The minimum absolute atomic E-state index is 0.0742. The van der Waals surface area contributed by atoms with Crippen molar-refractivity contribution < 1.29 is 4.79 Å². The quantitative estimate of drug-likeness (QED) is 0.235. The maximum atomic E-state index is 12.9. The number of hydrogen-bond acceptors (Lipinski definition) is 8.